The summed E-state index contributed by atoms with van der Waals surface area (Å²) < 4.78 is 13.9. The van der Waals surface area contributed by atoms with Crippen molar-refractivity contribution in [2.45, 2.75) is 46.1 Å². The molecule has 0 aliphatic heterocycles. The van der Waals surface area contributed by atoms with E-state index in [-0.39, 0.29) is 5.82 Å². The zero-order valence-electron chi connectivity index (χ0n) is 13.5. The van der Waals surface area contributed by atoms with Gasteiger partial charge in [0.05, 0.1) is 4.47 Å². The van der Waals surface area contributed by atoms with Crippen molar-refractivity contribution in [3.05, 3.63) is 34.1 Å². The summed E-state index contributed by atoms with van der Waals surface area (Å²) in [5, 5.41) is 3.62. The fourth-order valence-electron chi connectivity index (χ4n) is 2.45. The van der Waals surface area contributed by atoms with E-state index in [1.165, 1.54) is 5.56 Å². The SMILES string of the molecule is CCCNC(CCN(CC)CC)Cc1ccc(F)c(Br)c1. The lowest BCUT2D eigenvalue weighted by Crippen LogP contribution is -2.36. The Kier molecular flexibility index (Phi) is 9.13. The molecule has 21 heavy (non-hydrogen) atoms. The topological polar surface area (TPSA) is 15.3 Å². The van der Waals surface area contributed by atoms with Gasteiger partial charge in [-0.05, 0) is 79.1 Å². The van der Waals surface area contributed by atoms with Crippen molar-refractivity contribution in [1.82, 2.24) is 10.2 Å². The summed E-state index contributed by atoms with van der Waals surface area (Å²) in [5.74, 6) is -0.194. The lowest BCUT2D eigenvalue weighted by molar-refractivity contribution is 0.280. The Morgan fingerprint density at radius 3 is 2.52 bits per heavy atom. The third-order valence-corrected chi connectivity index (χ3v) is 4.45. The Bertz CT molecular complexity index is 408. The summed E-state index contributed by atoms with van der Waals surface area (Å²) in [5.41, 5.74) is 1.18. The average molecular weight is 359 g/mol. The predicted molar refractivity (Wildman–Crippen MR) is 92.3 cm³/mol. The molecule has 0 aliphatic carbocycles. The van der Waals surface area contributed by atoms with E-state index in [2.05, 4.69) is 46.9 Å². The molecule has 120 valence electrons. The van der Waals surface area contributed by atoms with E-state index in [4.69, 9.17) is 0 Å². The number of hydrogen-bond donors (Lipinski definition) is 1. The zero-order valence-corrected chi connectivity index (χ0v) is 15.0. The minimum atomic E-state index is -0.194. The third kappa shape index (κ3) is 6.90. The number of rotatable bonds is 10. The van der Waals surface area contributed by atoms with Gasteiger partial charge in [-0.2, -0.15) is 0 Å². The van der Waals surface area contributed by atoms with Crippen LogP contribution in [-0.4, -0.2) is 37.1 Å². The van der Waals surface area contributed by atoms with Gasteiger partial charge in [0.1, 0.15) is 5.82 Å². The summed E-state index contributed by atoms with van der Waals surface area (Å²) >= 11 is 3.27. The summed E-state index contributed by atoms with van der Waals surface area (Å²) in [6, 6.07) is 5.77. The molecule has 0 aliphatic rings. The summed E-state index contributed by atoms with van der Waals surface area (Å²) in [6.07, 6.45) is 3.20. The van der Waals surface area contributed by atoms with Crippen molar-refractivity contribution in [3.63, 3.8) is 0 Å². The maximum absolute atomic E-state index is 13.3. The van der Waals surface area contributed by atoms with Crippen LogP contribution in [-0.2, 0) is 6.42 Å². The van der Waals surface area contributed by atoms with Crippen molar-refractivity contribution in [1.29, 1.82) is 0 Å². The Balaban J connectivity index is 2.61. The average Bonchev–Trinajstić information content (AvgIpc) is 2.49. The number of halogens is 2. The van der Waals surface area contributed by atoms with E-state index in [9.17, 15) is 4.39 Å². The Morgan fingerprint density at radius 2 is 1.95 bits per heavy atom. The maximum Gasteiger partial charge on any atom is 0.137 e. The molecule has 1 aromatic rings. The molecule has 1 unspecified atom stereocenters. The normalized spacial score (nSPS) is 12.9. The predicted octanol–water partition coefficient (Wildman–Crippen LogP) is 4.23. The highest BCUT2D eigenvalue weighted by atomic mass is 79.9. The molecule has 1 N–H and O–H groups in total. The first-order valence-corrected chi connectivity index (χ1v) is 8.79. The fraction of sp³-hybridized carbons (Fsp3) is 0.647. The highest BCUT2D eigenvalue weighted by Crippen LogP contribution is 2.18. The quantitative estimate of drug-likeness (QED) is 0.673. The van der Waals surface area contributed by atoms with Crippen LogP contribution in [0.1, 0.15) is 39.2 Å². The largest absolute Gasteiger partial charge is 0.314 e. The summed E-state index contributed by atoms with van der Waals surface area (Å²) in [6.45, 7) is 10.9. The van der Waals surface area contributed by atoms with Crippen molar-refractivity contribution in [3.8, 4) is 0 Å². The molecule has 0 bridgehead atoms. The first kappa shape index (κ1) is 18.6. The molecule has 0 fully saturated rings. The van der Waals surface area contributed by atoms with Crippen LogP contribution < -0.4 is 5.32 Å². The van der Waals surface area contributed by atoms with Gasteiger partial charge < -0.3 is 10.2 Å². The van der Waals surface area contributed by atoms with Crippen LogP contribution in [0.5, 0.6) is 0 Å². The van der Waals surface area contributed by atoms with Crippen LogP contribution in [0, 0.1) is 5.82 Å². The van der Waals surface area contributed by atoms with Crippen LogP contribution in [0.25, 0.3) is 0 Å². The lowest BCUT2D eigenvalue weighted by Gasteiger charge is -2.24. The van der Waals surface area contributed by atoms with Crippen LogP contribution in [0.4, 0.5) is 4.39 Å². The van der Waals surface area contributed by atoms with Gasteiger partial charge in [0.15, 0.2) is 0 Å². The molecule has 0 radical (unpaired) electrons. The van der Waals surface area contributed by atoms with Crippen LogP contribution >= 0.6 is 15.9 Å². The minimum Gasteiger partial charge on any atom is -0.314 e. The first-order valence-electron chi connectivity index (χ1n) is 8.00. The highest BCUT2D eigenvalue weighted by molar-refractivity contribution is 9.10. The molecule has 1 rings (SSSR count). The summed E-state index contributed by atoms with van der Waals surface area (Å²) in [7, 11) is 0. The van der Waals surface area contributed by atoms with Gasteiger partial charge in [0, 0.05) is 6.04 Å². The van der Waals surface area contributed by atoms with E-state index < -0.39 is 0 Å². The maximum atomic E-state index is 13.3. The van der Waals surface area contributed by atoms with Gasteiger partial charge in [0.2, 0.25) is 0 Å². The number of nitrogens with one attached hydrogen (secondary N) is 1. The molecular weight excluding hydrogens is 331 g/mol. The molecule has 1 atom stereocenters. The van der Waals surface area contributed by atoms with Gasteiger partial charge in [-0.3, -0.25) is 0 Å². The first-order chi connectivity index (χ1) is 10.1. The standard InChI is InChI=1S/C17H28BrFN2/c1-4-10-20-15(9-11-21(5-2)6-3)12-14-7-8-17(19)16(18)13-14/h7-8,13,15,20H,4-6,9-12H2,1-3H3. The molecule has 2 nitrogen and oxygen atoms in total. The smallest absolute Gasteiger partial charge is 0.137 e. The van der Waals surface area contributed by atoms with Crippen molar-refractivity contribution in [2.75, 3.05) is 26.2 Å². The van der Waals surface area contributed by atoms with E-state index in [0.717, 1.165) is 45.4 Å². The Morgan fingerprint density at radius 1 is 1.24 bits per heavy atom. The summed E-state index contributed by atoms with van der Waals surface area (Å²) in [4.78, 5) is 2.45. The fourth-order valence-corrected chi connectivity index (χ4v) is 2.88. The molecule has 4 heteroatoms. The van der Waals surface area contributed by atoms with Crippen LogP contribution in [0.2, 0.25) is 0 Å². The second-order valence-electron chi connectivity index (χ2n) is 5.42. The highest BCUT2D eigenvalue weighted by Gasteiger charge is 2.11. The van der Waals surface area contributed by atoms with Gasteiger partial charge in [-0.1, -0.05) is 26.8 Å². The number of hydrogen-bond acceptors (Lipinski definition) is 2. The molecule has 0 spiro atoms. The molecule has 0 aromatic heterocycles. The third-order valence-electron chi connectivity index (χ3n) is 3.84. The number of benzene rings is 1. The van der Waals surface area contributed by atoms with Crippen LogP contribution in [0.3, 0.4) is 0 Å². The molecule has 0 amide bonds. The van der Waals surface area contributed by atoms with Gasteiger partial charge >= 0.3 is 0 Å². The van der Waals surface area contributed by atoms with Crippen molar-refractivity contribution < 1.29 is 4.39 Å². The van der Waals surface area contributed by atoms with Gasteiger partial charge in [0.25, 0.3) is 0 Å². The van der Waals surface area contributed by atoms with E-state index in [1.54, 1.807) is 6.07 Å². The second-order valence-corrected chi connectivity index (χ2v) is 6.27. The number of nitrogens with zero attached hydrogens (tertiary/aromatic N) is 1. The molecular formula is C17H28BrFN2. The minimum absolute atomic E-state index is 0.194. The van der Waals surface area contributed by atoms with Crippen molar-refractivity contribution in [2.24, 2.45) is 0 Å². The Labute approximate surface area is 137 Å². The van der Waals surface area contributed by atoms with E-state index in [1.807, 2.05) is 12.1 Å². The monoisotopic (exact) mass is 358 g/mol. The lowest BCUT2D eigenvalue weighted by atomic mass is 10.0. The van der Waals surface area contributed by atoms with Gasteiger partial charge in [-0.15, -0.1) is 0 Å². The van der Waals surface area contributed by atoms with Crippen LogP contribution in [0.15, 0.2) is 22.7 Å². The van der Waals surface area contributed by atoms with E-state index in [0.29, 0.717) is 10.5 Å². The Hall–Kier alpha value is -0.450. The zero-order chi connectivity index (χ0) is 15.7. The molecule has 0 saturated carbocycles. The molecule has 1 aromatic carbocycles. The molecule has 0 heterocycles. The van der Waals surface area contributed by atoms with Crippen molar-refractivity contribution >= 4 is 15.9 Å². The van der Waals surface area contributed by atoms with Gasteiger partial charge in [-0.25, -0.2) is 4.39 Å². The second kappa shape index (κ2) is 10.3. The van der Waals surface area contributed by atoms with E-state index >= 15 is 0 Å². The molecule has 0 saturated heterocycles.